The first-order valence-corrected chi connectivity index (χ1v) is 10.3. The first-order chi connectivity index (χ1) is 15.5. The van der Waals surface area contributed by atoms with Gasteiger partial charge in [0.25, 0.3) is 5.56 Å². The van der Waals surface area contributed by atoms with E-state index >= 15 is 0 Å². The van der Waals surface area contributed by atoms with Crippen LogP contribution >= 0.6 is 11.6 Å². The summed E-state index contributed by atoms with van der Waals surface area (Å²) < 4.78 is 6.75. The van der Waals surface area contributed by atoms with Crippen LogP contribution in [-0.2, 0) is 11.2 Å². The summed E-state index contributed by atoms with van der Waals surface area (Å²) in [6.07, 6.45) is 3.82. The van der Waals surface area contributed by atoms with E-state index in [1.807, 2.05) is 41.0 Å². The summed E-state index contributed by atoms with van der Waals surface area (Å²) in [7, 11) is 1.29. The van der Waals surface area contributed by atoms with Gasteiger partial charge < -0.3 is 14.3 Å². The Morgan fingerprint density at radius 3 is 2.69 bits per heavy atom. The van der Waals surface area contributed by atoms with Gasteiger partial charge in [-0.2, -0.15) is 5.10 Å². The highest BCUT2D eigenvalue weighted by Crippen LogP contribution is 2.29. The average molecular weight is 448 g/mol. The Morgan fingerprint density at radius 2 is 1.94 bits per heavy atom. The second-order valence-electron chi connectivity index (χ2n) is 7.40. The van der Waals surface area contributed by atoms with E-state index in [1.165, 1.54) is 7.11 Å². The number of esters is 1. The molecule has 0 unspecified atom stereocenters. The van der Waals surface area contributed by atoms with Crippen LogP contribution < -0.4 is 5.56 Å². The first-order valence-electron chi connectivity index (χ1n) is 9.91. The van der Waals surface area contributed by atoms with Crippen LogP contribution in [0.25, 0.3) is 22.3 Å². The molecule has 0 radical (unpaired) electrons. The highest BCUT2D eigenvalue weighted by atomic mass is 35.5. The van der Waals surface area contributed by atoms with Crippen molar-refractivity contribution in [2.75, 3.05) is 7.11 Å². The molecule has 160 valence electrons. The third-order valence-electron chi connectivity index (χ3n) is 5.43. The normalized spacial score (nSPS) is 12.3. The summed E-state index contributed by atoms with van der Waals surface area (Å²) in [5, 5.41) is 7.03. The smallest absolute Gasteiger partial charge is 0.341 e. The molecule has 0 saturated carbocycles. The molecule has 5 rings (SSSR count). The van der Waals surface area contributed by atoms with E-state index in [-0.39, 0.29) is 22.9 Å². The minimum absolute atomic E-state index is 0.201. The van der Waals surface area contributed by atoms with Crippen molar-refractivity contribution in [2.45, 2.75) is 12.5 Å². The number of hydrogen-bond donors (Lipinski definition) is 2. The summed E-state index contributed by atoms with van der Waals surface area (Å²) >= 11 is 6.11. The van der Waals surface area contributed by atoms with Crippen LogP contribution in [0.2, 0.25) is 5.02 Å². The van der Waals surface area contributed by atoms with Crippen molar-refractivity contribution in [1.82, 2.24) is 24.7 Å². The number of para-hydroxylation sites is 2. The van der Waals surface area contributed by atoms with Gasteiger partial charge in [0.1, 0.15) is 17.1 Å². The van der Waals surface area contributed by atoms with Gasteiger partial charge in [-0.1, -0.05) is 35.9 Å². The van der Waals surface area contributed by atoms with Crippen LogP contribution in [0, 0.1) is 0 Å². The molecule has 2 N–H and O–H groups in total. The molecule has 0 fully saturated rings. The summed E-state index contributed by atoms with van der Waals surface area (Å²) in [6.45, 7) is 0. The van der Waals surface area contributed by atoms with E-state index < -0.39 is 5.97 Å². The Labute approximate surface area is 187 Å². The molecule has 32 heavy (non-hydrogen) atoms. The predicted octanol–water partition coefficient (Wildman–Crippen LogP) is 3.82. The average Bonchev–Trinajstić information content (AvgIpc) is 3.40. The van der Waals surface area contributed by atoms with Crippen molar-refractivity contribution >= 4 is 28.6 Å². The Balaban J connectivity index is 1.67. The van der Waals surface area contributed by atoms with Crippen LogP contribution in [0.1, 0.15) is 27.8 Å². The summed E-state index contributed by atoms with van der Waals surface area (Å²) in [5.74, 6) is 0.197. The lowest BCUT2D eigenvalue weighted by atomic mass is 10.0. The van der Waals surface area contributed by atoms with Gasteiger partial charge in [0.2, 0.25) is 0 Å². The second kappa shape index (κ2) is 7.97. The lowest BCUT2D eigenvalue weighted by Crippen LogP contribution is -2.19. The second-order valence-corrected chi connectivity index (χ2v) is 7.83. The molecule has 2 aliphatic heterocycles. The van der Waals surface area contributed by atoms with Gasteiger partial charge in [-0.15, -0.1) is 0 Å². The van der Waals surface area contributed by atoms with Crippen molar-refractivity contribution in [1.29, 1.82) is 0 Å². The number of aromatic nitrogens is 5. The number of carbonyl (C=O) groups excluding carboxylic acids is 1. The largest absolute Gasteiger partial charge is 0.465 e. The molecule has 0 aliphatic carbocycles. The van der Waals surface area contributed by atoms with Crippen LogP contribution in [-0.4, -0.2) is 37.8 Å². The molecular formula is C23H18ClN5O3. The Morgan fingerprint density at radius 1 is 1.16 bits per heavy atom. The fraction of sp³-hybridized carbons (Fsp3) is 0.130. The molecule has 0 bridgehead atoms. The number of ether oxygens (including phenoxy) is 1. The highest BCUT2D eigenvalue weighted by molar-refractivity contribution is 6.30. The molecular weight excluding hydrogens is 430 g/mol. The molecule has 1 aromatic heterocycles. The monoisotopic (exact) mass is 447 g/mol. The molecule has 8 nitrogen and oxygen atoms in total. The highest BCUT2D eigenvalue weighted by Gasteiger charge is 2.25. The van der Waals surface area contributed by atoms with Gasteiger partial charge in [0.15, 0.2) is 0 Å². The molecule has 9 heteroatoms. The van der Waals surface area contributed by atoms with Crippen LogP contribution in [0.4, 0.5) is 0 Å². The third-order valence-corrected chi connectivity index (χ3v) is 5.68. The number of pyridine rings is 1. The van der Waals surface area contributed by atoms with Crippen molar-refractivity contribution in [3.63, 3.8) is 0 Å². The van der Waals surface area contributed by atoms with Crippen LogP contribution in [0.3, 0.4) is 0 Å². The van der Waals surface area contributed by atoms with E-state index in [4.69, 9.17) is 21.3 Å². The number of H-pyrrole nitrogens is 2. The lowest BCUT2D eigenvalue weighted by molar-refractivity contribution is 0.0600. The zero-order chi connectivity index (χ0) is 22.2. The van der Waals surface area contributed by atoms with Crippen LogP contribution in [0.15, 0.2) is 65.7 Å². The van der Waals surface area contributed by atoms with Crippen molar-refractivity contribution in [3.8, 4) is 11.3 Å². The molecule has 3 heterocycles. The SMILES string of the molecule is COC(=O)c1cn([C@@H](Cc2nc3ccccc3[nH]2)c2ccc(Cl)cc2)cc2c(=O)[nH]nc1-2. The first kappa shape index (κ1) is 20.0. The van der Waals surface area contributed by atoms with Crippen molar-refractivity contribution in [3.05, 3.63) is 93.3 Å². The van der Waals surface area contributed by atoms with Crippen LogP contribution in [0.5, 0.6) is 0 Å². The number of benzene rings is 2. The summed E-state index contributed by atoms with van der Waals surface area (Å²) in [6, 6.07) is 14.9. The molecule has 2 aromatic carbocycles. The van der Waals surface area contributed by atoms with E-state index in [2.05, 4.69) is 15.2 Å². The minimum atomic E-state index is -0.575. The fourth-order valence-corrected chi connectivity index (χ4v) is 3.99. The topological polar surface area (TPSA) is 106 Å². The Kier molecular flexibility index (Phi) is 4.99. The molecule has 0 saturated heterocycles. The number of halogens is 1. The van der Waals surface area contributed by atoms with Gasteiger partial charge in [-0.3, -0.25) is 4.79 Å². The molecule has 0 amide bonds. The summed E-state index contributed by atoms with van der Waals surface area (Å²) in [4.78, 5) is 32.8. The van der Waals surface area contributed by atoms with E-state index in [9.17, 15) is 9.59 Å². The van der Waals surface area contributed by atoms with E-state index in [1.54, 1.807) is 24.5 Å². The maximum Gasteiger partial charge on any atom is 0.341 e. The number of imidazole rings is 1. The van der Waals surface area contributed by atoms with Gasteiger partial charge in [0.05, 0.1) is 29.7 Å². The van der Waals surface area contributed by atoms with Gasteiger partial charge >= 0.3 is 5.97 Å². The Bertz CT molecular complexity index is 1420. The van der Waals surface area contributed by atoms with Gasteiger partial charge in [0, 0.05) is 23.8 Å². The maximum atomic E-state index is 12.4. The number of hydrogen-bond acceptors (Lipinski definition) is 5. The standard InChI is InChI=1S/C23H18ClN5O3/c1-32-23(31)16-12-29(11-15-21(16)27-28-22(15)30)19(13-6-8-14(24)9-7-13)10-20-25-17-4-2-3-5-18(17)26-20/h2-9,11-12,19H,10H2,1H3,(H,25,26)(H,28,30)/t19-/m0/s1. The number of carbonyl (C=O) groups is 1. The zero-order valence-electron chi connectivity index (χ0n) is 17.0. The third kappa shape index (κ3) is 3.54. The number of rotatable bonds is 5. The van der Waals surface area contributed by atoms with Crippen molar-refractivity contribution in [2.24, 2.45) is 0 Å². The number of methoxy groups -OCH3 is 1. The van der Waals surface area contributed by atoms with Gasteiger partial charge in [-0.25, -0.2) is 14.9 Å². The lowest BCUT2D eigenvalue weighted by Gasteiger charge is -2.22. The molecule has 3 aromatic rings. The fourth-order valence-electron chi connectivity index (χ4n) is 3.86. The molecule has 1 atom stereocenters. The number of nitrogens with one attached hydrogen (secondary N) is 2. The summed E-state index contributed by atoms with van der Waals surface area (Å²) in [5.41, 5.74) is 3.14. The number of nitrogens with zero attached hydrogens (tertiary/aromatic N) is 3. The van der Waals surface area contributed by atoms with E-state index in [0.29, 0.717) is 17.0 Å². The number of fused-ring (bicyclic) bond motifs is 2. The molecule has 0 spiro atoms. The van der Waals surface area contributed by atoms with E-state index in [0.717, 1.165) is 22.4 Å². The Hall–Kier alpha value is -3.91. The number of aromatic amines is 2. The quantitative estimate of drug-likeness (QED) is 0.398. The maximum absolute atomic E-state index is 12.4. The van der Waals surface area contributed by atoms with Crippen molar-refractivity contribution < 1.29 is 9.53 Å². The predicted molar refractivity (Wildman–Crippen MR) is 120 cm³/mol. The zero-order valence-corrected chi connectivity index (χ0v) is 17.8. The minimum Gasteiger partial charge on any atom is -0.465 e. The molecule has 2 aliphatic rings. The van der Waals surface area contributed by atoms with Gasteiger partial charge in [-0.05, 0) is 29.8 Å².